The van der Waals surface area contributed by atoms with Gasteiger partial charge in [0.15, 0.2) is 57.1 Å². The van der Waals surface area contributed by atoms with Crippen LogP contribution in [0, 0.1) is 116 Å². The van der Waals surface area contributed by atoms with Crippen LogP contribution in [0.5, 0.6) is 0 Å². The maximum Gasteiger partial charge on any atom is 0.207 e. The zero-order chi connectivity index (χ0) is 36.6. The molecule has 0 aromatic heterocycles. The fourth-order valence-corrected chi connectivity index (χ4v) is 12.9. The smallest absolute Gasteiger partial charge is 0.203 e. The standard InChI is InChI=1S/C26H5F20P2/c1-48(25-19(43)11(35)5(29)12(36)20(25)44,26-21(45)13(37)6(30)14(38)22(26)46)2-47(23-15(39)7(31)3(27)8(32)16(23)40)24-17(41)9(33)4(28)10(34)18(24)42/h2H2,1H3/q+1. The summed E-state index contributed by atoms with van der Waals surface area (Å²) < 4.78 is 291. The van der Waals surface area contributed by atoms with Gasteiger partial charge in [0.25, 0.3) is 0 Å². The topological polar surface area (TPSA) is 0 Å². The summed E-state index contributed by atoms with van der Waals surface area (Å²) >= 11 is 0. The molecule has 0 saturated carbocycles. The molecule has 0 aliphatic carbocycles. The summed E-state index contributed by atoms with van der Waals surface area (Å²) in [5.74, 6) is -64.5. The molecule has 0 aliphatic heterocycles. The fraction of sp³-hybridized carbons (Fsp3) is 0.0769. The summed E-state index contributed by atoms with van der Waals surface area (Å²) in [5.41, 5.74) is 0. The summed E-state index contributed by atoms with van der Waals surface area (Å²) in [4.78, 5) is 0. The van der Waals surface area contributed by atoms with Gasteiger partial charge < -0.3 is 0 Å². The molecule has 48 heavy (non-hydrogen) atoms. The first kappa shape index (κ1) is 37.2. The molecule has 0 radical (unpaired) electrons. The van der Waals surface area contributed by atoms with E-state index in [4.69, 9.17) is 0 Å². The summed E-state index contributed by atoms with van der Waals surface area (Å²) in [6.07, 6.45) is 0. The van der Waals surface area contributed by atoms with Crippen molar-refractivity contribution in [1.82, 2.24) is 0 Å². The third-order valence-corrected chi connectivity index (χ3v) is 14.7. The molecule has 258 valence electrons. The minimum atomic E-state index is -6.13. The Morgan fingerprint density at radius 3 is 0.667 bits per heavy atom. The van der Waals surface area contributed by atoms with Crippen LogP contribution in [-0.4, -0.2) is 12.6 Å². The first-order valence-corrected chi connectivity index (χ1v) is 15.7. The largest absolute Gasteiger partial charge is 0.207 e. The highest BCUT2D eigenvalue weighted by Crippen LogP contribution is 2.64. The number of hydrogen-bond acceptors (Lipinski definition) is 0. The van der Waals surface area contributed by atoms with Crippen LogP contribution in [-0.2, 0) is 0 Å². The molecule has 4 aromatic rings. The monoisotopic (exact) mass is 759 g/mol. The van der Waals surface area contributed by atoms with Gasteiger partial charge in [-0.05, 0) is 0 Å². The average Bonchev–Trinajstić information content (AvgIpc) is 3.04. The predicted octanol–water partition coefficient (Wildman–Crippen LogP) is 8.16. The van der Waals surface area contributed by atoms with Crippen molar-refractivity contribution in [2.24, 2.45) is 0 Å². The highest BCUT2D eigenvalue weighted by atomic mass is 31.2. The lowest BCUT2D eigenvalue weighted by molar-refractivity contribution is 0.382. The van der Waals surface area contributed by atoms with Crippen molar-refractivity contribution in [1.29, 1.82) is 0 Å². The number of benzene rings is 4. The first-order chi connectivity index (χ1) is 22.1. The van der Waals surface area contributed by atoms with Crippen LogP contribution in [0.1, 0.15) is 0 Å². The molecule has 4 aromatic carbocycles. The van der Waals surface area contributed by atoms with Gasteiger partial charge in [0, 0.05) is 7.92 Å². The zero-order valence-corrected chi connectivity index (χ0v) is 23.9. The van der Waals surface area contributed by atoms with Gasteiger partial charge in [0.05, 0.1) is 30.4 Å². The van der Waals surface area contributed by atoms with Crippen molar-refractivity contribution in [2.75, 3.05) is 12.6 Å². The van der Waals surface area contributed by atoms with Gasteiger partial charge in [-0.1, -0.05) is 0 Å². The average molecular weight is 759 g/mol. The van der Waals surface area contributed by atoms with Crippen molar-refractivity contribution >= 4 is 36.4 Å². The number of rotatable bonds is 6. The molecule has 0 fully saturated rings. The van der Waals surface area contributed by atoms with Gasteiger partial charge in [-0.2, -0.15) is 17.6 Å². The second-order valence-electron chi connectivity index (χ2n) is 9.43. The van der Waals surface area contributed by atoms with Crippen LogP contribution in [0.25, 0.3) is 0 Å². The molecule has 0 heterocycles. The summed E-state index contributed by atoms with van der Waals surface area (Å²) in [7, 11) is -11.0. The molecule has 0 saturated heterocycles. The maximum absolute atomic E-state index is 15.2. The van der Waals surface area contributed by atoms with Crippen LogP contribution in [0.2, 0.25) is 0 Å². The molecule has 0 spiro atoms. The number of hydrogen-bond donors (Lipinski definition) is 0. The van der Waals surface area contributed by atoms with Crippen LogP contribution in [0.3, 0.4) is 0 Å². The van der Waals surface area contributed by atoms with Crippen LogP contribution >= 0.6 is 15.2 Å². The fourth-order valence-electron chi connectivity index (χ4n) is 4.50. The molecule has 0 nitrogen and oxygen atoms in total. The lowest BCUT2D eigenvalue weighted by Crippen LogP contribution is -2.38. The second-order valence-corrected chi connectivity index (χ2v) is 15.6. The lowest BCUT2D eigenvalue weighted by atomic mass is 10.3. The quantitative estimate of drug-likeness (QED) is 0.0807. The Morgan fingerprint density at radius 2 is 0.458 bits per heavy atom. The Balaban J connectivity index is 2.34. The van der Waals surface area contributed by atoms with E-state index >= 15 is 35.1 Å². The van der Waals surface area contributed by atoms with Gasteiger partial charge in [-0.25, -0.2) is 70.2 Å². The number of halogens is 20. The molecule has 0 N–H and O–H groups in total. The first-order valence-electron chi connectivity index (χ1n) is 11.8. The Labute approximate surface area is 253 Å². The van der Waals surface area contributed by atoms with E-state index in [9.17, 15) is 52.7 Å². The predicted molar refractivity (Wildman–Crippen MR) is 128 cm³/mol. The summed E-state index contributed by atoms with van der Waals surface area (Å²) in [5, 5.41) is -10.5. The molecule has 0 bridgehead atoms. The van der Waals surface area contributed by atoms with E-state index in [-0.39, 0.29) is 6.66 Å². The molecule has 22 heteroatoms. The molecular weight excluding hydrogens is 754 g/mol. The molecule has 0 atom stereocenters. The molecule has 0 amide bonds. The second kappa shape index (κ2) is 12.7. The van der Waals surface area contributed by atoms with E-state index in [1.165, 1.54) is 0 Å². The molecule has 0 aliphatic rings. The van der Waals surface area contributed by atoms with Crippen molar-refractivity contribution in [3.63, 3.8) is 0 Å². The van der Waals surface area contributed by atoms with E-state index in [0.29, 0.717) is 0 Å². The van der Waals surface area contributed by atoms with E-state index in [1.807, 2.05) is 0 Å². The Bertz CT molecular complexity index is 1790. The van der Waals surface area contributed by atoms with Crippen LogP contribution in [0.4, 0.5) is 87.8 Å². The van der Waals surface area contributed by atoms with E-state index in [1.54, 1.807) is 0 Å². The van der Waals surface area contributed by atoms with Gasteiger partial charge >= 0.3 is 0 Å². The van der Waals surface area contributed by atoms with Gasteiger partial charge in [-0.15, -0.1) is 0 Å². The van der Waals surface area contributed by atoms with Gasteiger partial charge in [0.1, 0.15) is 0 Å². The minimum Gasteiger partial charge on any atom is -0.203 e. The minimum absolute atomic E-state index is 0.142. The SMILES string of the molecule is C[P+](CP(c1c(F)c(F)c(F)c(F)c1F)c1c(F)c(F)c(F)c(F)c1F)(c1c(F)c(F)c(F)c(F)c1F)c1c(F)c(F)c(F)c(F)c1F. The molecular formula is C26H5F20P2+. The van der Waals surface area contributed by atoms with Crippen LogP contribution < -0.4 is 21.2 Å². The summed E-state index contributed by atoms with van der Waals surface area (Å²) in [6, 6.07) is 0. The van der Waals surface area contributed by atoms with Crippen molar-refractivity contribution in [3.05, 3.63) is 116 Å². The van der Waals surface area contributed by atoms with E-state index in [2.05, 4.69) is 0 Å². The van der Waals surface area contributed by atoms with Crippen molar-refractivity contribution in [2.45, 2.75) is 0 Å². The van der Waals surface area contributed by atoms with Crippen molar-refractivity contribution < 1.29 is 87.8 Å². The van der Waals surface area contributed by atoms with Crippen LogP contribution in [0.15, 0.2) is 0 Å². The van der Waals surface area contributed by atoms with Crippen molar-refractivity contribution in [3.8, 4) is 0 Å². The Kier molecular flexibility index (Phi) is 9.80. The highest BCUT2D eigenvalue weighted by Gasteiger charge is 2.55. The lowest BCUT2D eigenvalue weighted by Gasteiger charge is -2.30. The van der Waals surface area contributed by atoms with E-state index < -0.39 is 159 Å². The normalized spacial score (nSPS) is 12.1. The Hall–Kier alpha value is -3.66. The molecule has 0 unspecified atom stereocenters. The van der Waals surface area contributed by atoms with Gasteiger partial charge in [-0.3, -0.25) is 0 Å². The van der Waals surface area contributed by atoms with E-state index in [0.717, 1.165) is 0 Å². The van der Waals surface area contributed by atoms with Gasteiger partial charge in [0.2, 0.25) is 69.8 Å². The third-order valence-electron chi connectivity index (χ3n) is 6.70. The zero-order valence-electron chi connectivity index (χ0n) is 22.2. The Morgan fingerprint density at radius 1 is 0.292 bits per heavy atom. The molecule has 4 rings (SSSR count). The third kappa shape index (κ3) is 5.26. The highest BCUT2D eigenvalue weighted by molar-refractivity contribution is 7.98. The maximum atomic E-state index is 15.2. The summed E-state index contributed by atoms with van der Waals surface area (Å²) in [6.45, 7) is -0.142.